The van der Waals surface area contributed by atoms with Gasteiger partial charge >= 0.3 is 0 Å². The van der Waals surface area contributed by atoms with Crippen molar-refractivity contribution in [2.24, 2.45) is 0 Å². The molecule has 0 atom stereocenters. The Morgan fingerprint density at radius 1 is 1.27 bits per heavy atom. The minimum absolute atomic E-state index is 0. The topological polar surface area (TPSA) is 49.4 Å². The smallest absolute Gasteiger partial charge is 0.252 e. The number of sulfonamides is 1. The number of fused-ring (bicyclic) bond motifs is 1. The molecule has 0 bridgehead atoms. The molecule has 3 rings (SSSR count). The Morgan fingerprint density at radius 3 is 2.64 bits per heavy atom. The normalized spacial score (nSPS) is 16.9. The molecule has 1 fully saturated rings. The number of hydrogen-bond acceptors (Lipinski definition) is 4. The summed E-state index contributed by atoms with van der Waals surface area (Å²) in [5.41, 5.74) is 0. The molecule has 8 heteroatoms. The second-order valence-electron chi connectivity index (χ2n) is 5.25. The predicted molar refractivity (Wildman–Crippen MR) is 94.9 cm³/mol. The predicted octanol–water partition coefficient (Wildman–Crippen LogP) is 3.35. The summed E-state index contributed by atoms with van der Waals surface area (Å²) >= 11 is 7.27. The van der Waals surface area contributed by atoms with Gasteiger partial charge in [0.05, 0.1) is 0 Å². The van der Waals surface area contributed by atoms with Crippen molar-refractivity contribution < 1.29 is 8.42 Å². The second kappa shape index (κ2) is 7.03. The van der Waals surface area contributed by atoms with Crippen LogP contribution in [-0.2, 0) is 10.0 Å². The van der Waals surface area contributed by atoms with Gasteiger partial charge < -0.3 is 5.32 Å². The van der Waals surface area contributed by atoms with E-state index >= 15 is 0 Å². The Labute approximate surface area is 145 Å². The van der Waals surface area contributed by atoms with Crippen LogP contribution in [0.5, 0.6) is 0 Å². The van der Waals surface area contributed by atoms with Crippen LogP contribution < -0.4 is 5.32 Å². The maximum Gasteiger partial charge on any atom is 0.252 e. The van der Waals surface area contributed by atoms with Gasteiger partial charge in [0.2, 0.25) is 0 Å². The number of benzene rings is 1. The van der Waals surface area contributed by atoms with Crippen LogP contribution in [0.2, 0.25) is 5.02 Å². The zero-order chi connectivity index (χ0) is 15.0. The van der Waals surface area contributed by atoms with Crippen LogP contribution >= 0.6 is 35.3 Å². The molecule has 2 heterocycles. The third kappa shape index (κ3) is 3.42. The van der Waals surface area contributed by atoms with Gasteiger partial charge in [-0.05, 0) is 55.6 Å². The van der Waals surface area contributed by atoms with Crippen molar-refractivity contribution in [1.29, 1.82) is 0 Å². The first-order valence-corrected chi connectivity index (χ1v) is 9.50. The molecule has 1 aliphatic heterocycles. The van der Waals surface area contributed by atoms with Gasteiger partial charge in [-0.2, -0.15) is 4.31 Å². The Balaban J connectivity index is 0.00000176. The maximum absolute atomic E-state index is 12.8. The molecular formula is C14H18Cl2N2O2S2. The maximum atomic E-state index is 12.8. The monoisotopic (exact) mass is 380 g/mol. The van der Waals surface area contributed by atoms with Gasteiger partial charge in [0.15, 0.2) is 0 Å². The molecule has 0 unspecified atom stereocenters. The summed E-state index contributed by atoms with van der Waals surface area (Å²) in [5.74, 6) is 0. The van der Waals surface area contributed by atoms with Gasteiger partial charge in [0.25, 0.3) is 10.0 Å². The van der Waals surface area contributed by atoms with Gasteiger partial charge in [0, 0.05) is 22.8 Å². The van der Waals surface area contributed by atoms with E-state index < -0.39 is 10.0 Å². The largest absolute Gasteiger partial charge is 0.317 e. The quantitative estimate of drug-likeness (QED) is 0.887. The summed E-state index contributed by atoms with van der Waals surface area (Å²) in [4.78, 5) is 0. The van der Waals surface area contributed by atoms with Gasteiger partial charge in [-0.15, -0.1) is 23.7 Å². The number of nitrogens with zero attached hydrogens (tertiary/aromatic N) is 1. The molecule has 0 saturated carbocycles. The second-order valence-corrected chi connectivity index (χ2v) is 8.99. The first kappa shape index (κ1) is 18.0. The summed E-state index contributed by atoms with van der Waals surface area (Å²) < 4.78 is 28.4. The van der Waals surface area contributed by atoms with Crippen molar-refractivity contribution in [1.82, 2.24) is 9.62 Å². The molecule has 0 radical (unpaired) electrons. The molecule has 1 saturated heterocycles. The minimum Gasteiger partial charge on any atom is -0.317 e. The highest BCUT2D eigenvalue weighted by Crippen LogP contribution is 2.33. The number of rotatable bonds is 3. The summed E-state index contributed by atoms with van der Waals surface area (Å²) in [6, 6.07) is 7.25. The Bertz CT molecular complexity index is 755. The molecule has 1 aromatic heterocycles. The fourth-order valence-electron chi connectivity index (χ4n) is 2.63. The van der Waals surface area contributed by atoms with Gasteiger partial charge in [0.1, 0.15) is 4.21 Å². The van der Waals surface area contributed by atoms with E-state index in [1.165, 1.54) is 15.6 Å². The van der Waals surface area contributed by atoms with E-state index in [0.717, 1.165) is 36.0 Å². The molecule has 1 aliphatic rings. The van der Waals surface area contributed by atoms with Crippen LogP contribution in [0.4, 0.5) is 0 Å². The number of thiophene rings is 1. The van der Waals surface area contributed by atoms with E-state index in [0.29, 0.717) is 9.23 Å². The number of hydrogen-bond donors (Lipinski definition) is 1. The third-order valence-corrected chi connectivity index (χ3v) is 7.62. The van der Waals surface area contributed by atoms with Crippen molar-refractivity contribution in [2.45, 2.75) is 23.1 Å². The lowest BCUT2D eigenvalue weighted by Gasteiger charge is -2.30. The van der Waals surface area contributed by atoms with Crippen molar-refractivity contribution in [2.75, 3.05) is 20.1 Å². The van der Waals surface area contributed by atoms with E-state index in [1.54, 1.807) is 25.2 Å². The van der Waals surface area contributed by atoms with Crippen LogP contribution in [-0.4, -0.2) is 38.9 Å². The lowest BCUT2D eigenvalue weighted by atomic mass is 10.1. The molecule has 2 aromatic rings. The van der Waals surface area contributed by atoms with E-state index in [4.69, 9.17) is 11.6 Å². The summed E-state index contributed by atoms with van der Waals surface area (Å²) in [6.07, 6.45) is 1.71. The Hall–Kier alpha value is -0.370. The van der Waals surface area contributed by atoms with Gasteiger partial charge in [-0.1, -0.05) is 11.6 Å². The molecule has 1 N–H and O–H groups in total. The molecule has 122 valence electrons. The average molecular weight is 381 g/mol. The molecule has 0 spiro atoms. The van der Waals surface area contributed by atoms with Crippen molar-refractivity contribution in [3.8, 4) is 0 Å². The SMILES string of the molecule is CN(C1CCNCC1)S(=O)(=O)c1cc2cc(Cl)ccc2s1.Cl. The zero-order valence-electron chi connectivity index (χ0n) is 12.1. The van der Waals surface area contributed by atoms with E-state index in [2.05, 4.69) is 5.32 Å². The lowest BCUT2D eigenvalue weighted by Crippen LogP contribution is -2.43. The first-order chi connectivity index (χ1) is 9.98. The lowest BCUT2D eigenvalue weighted by molar-refractivity contribution is 0.297. The molecular weight excluding hydrogens is 363 g/mol. The highest BCUT2D eigenvalue weighted by Gasteiger charge is 2.30. The van der Waals surface area contributed by atoms with Gasteiger partial charge in [-0.25, -0.2) is 8.42 Å². The summed E-state index contributed by atoms with van der Waals surface area (Å²) in [6.45, 7) is 1.74. The molecule has 0 amide bonds. The number of nitrogens with one attached hydrogen (secondary N) is 1. The Kier molecular flexibility index (Phi) is 5.74. The molecule has 4 nitrogen and oxygen atoms in total. The van der Waals surface area contributed by atoms with E-state index in [-0.39, 0.29) is 18.4 Å². The number of piperidine rings is 1. The van der Waals surface area contributed by atoms with Crippen LogP contribution in [0.15, 0.2) is 28.5 Å². The Morgan fingerprint density at radius 2 is 1.95 bits per heavy atom. The highest BCUT2D eigenvalue weighted by atomic mass is 35.5. The molecule has 22 heavy (non-hydrogen) atoms. The van der Waals surface area contributed by atoms with Gasteiger partial charge in [-0.3, -0.25) is 0 Å². The van der Waals surface area contributed by atoms with E-state index in [9.17, 15) is 8.42 Å². The van der Waals surface area contributed by atoms with Crippen molar-refractivity contribution in [3.05, 3.63) is 29.3 Å². The van der Waals surface area contributed by atoms with Crippen LogP contribution in [0.1, 0.15) is 12.8 Å². The van der Waals surface area contributed by atoms with Crippen LogP contribution in [0.25, 0.3) is 10.1 Å². The third-order valence-electron chi connectivity index (χ3n) is 3.91. The molecule has 1 aromatic carbocycles. The summed E-state index contributed by atoms with van der Waals surface area (Å²) in [5, 5.41) is 4.76. The fraction of sp³-hybridized carbons (Fsp3) is 0.429. The first-order valence-electron chi connectivity index (χ1n) is 6.86. The number of halogens is 2. The van der Waals surface area contributed by atoms with E-state index in [1.807, 2.05) is 6.07 Å². The van der Waals surface area contributed by atoms with Crippen LogP contribution in [0, 0.1) is 0 Å². The highest BCUT2D eigenvalue weighted by molar-refractivity contribution is 7.91. The zero-order valence-corrected chi connectivity index (χ0v) is 15.3. The molecule has 0 aliphatic carbocycles. The van der Waals surface area contributed by atoms with Crippen molar-refractivity contribution in [3.63, 3.8) is 0 Å². The van der Waals surface area contributed by atoms with Crippen LogP contribution in [0.3, 0.4) is 0 Å². The average Bonchev–Trinajstić information content (AvgIpc) is 2.91. The summed E-state index contributed by atoms with van der Waals surface area (Å²) in [7, 11) is -1.75. The van der Waals surface area contributed by atoms with Crippen molar-refractivity contribution >= 4 is 55.5 Å². The minimum atomic E-state index is -3.43. The fourth-order valence-corrected chi connectivity index (χ4v) is 5.79. The standard InChI is InChI=1S/C14H17ClN2O2S2.ClH/c1-17(12-4-6-16-7-5-12)21(18,19)14-9-10-8-11(15)2-3-13(10)20-14;/h2-3,8-9,12,16H,4-7H2,1H3;1H.